The quantitative estimate of drug-likeness (QED) is 0.839. The highest BCUT2D eigenvalue weighted by Gasteiger charge is 2.50. The van der Waals surface area contributed by atoms with Crippen LogP contribution in [-0.4, -0.2) is 18.0 Å². The number of nitrogens with one attached hydrogen (secondary N) is 1. The molecule has 1 amide bonds. The molecule has 1 saturated carbocycles. The number of anilines is 1. The predicted molar refractivity (Wildman–Crippen MR) is 84.3 cm³/mol. The first kappa shape index (κ1) is 15.1. The molecule has 1 aliphatic rings. The lowest BCUT2D eigenvalue weighted by atomic mass is 9.62. The maximum atomic E-state index is 12.4. The van der Waals surface area contributed by atoms with Gasteiger partial charge in [0.2, 0.25) is 5.91 Å². The lowest BCUT2D eigenvalue weighted by molar-refractivity contribution is -0.127. The van der Waals surface area contributed by atoms with Crippen LogP contribution in [-0.2, 0) is 4.79 Å². The lowest BCUT2D eigenvalue weighted by Gasteiger charge is -2.44. The number of carbonyl (C=O) groups excluding carboxylic acids is 1. The summed E-state index contributed by atoms with van der Waals surface area (Å²) in [5, 5.41) is 3.27. The minimum Gasteiger partial charge on any atom is -0.495 e. The second-order valence-corrected chi connectivity index (χ2v) is 6.11. The van der Waals surface area contributed by atoms with Crippen molar-refractivity contribution in [3.05, 3.63) is 23.2 Å². The van der Waals surface area contributed by atoms with Crippen molar-refractivity contribution in [2.45, 2.75) is 19.8 Å². The van der Waals surface area contributed by atoms with E-state index in [1.54, 1.807) is 18.2 Å². The minimum absolute atomic E-state index is 0.163. The molecule has 108 valence electrons. The van der Waals surface area contributed by atoms with E-state index in [4.69, 9.17) is 34.3 Å². The molecule has 0 spiro atoms. The van der Waals surface area contributed by atoms with Gasteiger partial charge in [-0.2, -0.15) is 0 Å². The number of nitrogens with two attached hydrogens (primary N) is 1. The highest BCUT2D eigenvalue weighted by atomic mass is 35.5. The Bertz CT molecular complexity index is 556. The minimum atomic E-state index is -0.721. The van der Waals surface area contributed by atoms with Crippen molar-refractivity contribution in [2.24, 2.45) is 17.1 Å². The molecule has 1 aromatic rings. The SMILES string of the molecule is COc1ccc(NC(=O)C2(C(N)=S)CC(C)C2)cc1Cl. The van der Waals surface area contributed by atoms with E-state index in [1.165, 1.54) is 7.11 Å². The van der Waals surface area contributed by atoms with Crippen molar-refractivity contribution in [1.29, 1.82) is 0 Å². The second-order valence-electron chi connectivity index (χ2n) is 5.26. The largest absolute Gasteiger partial charge is 0.495 e. The zero-order valence-electron chi connectivity index (χ0n) is 11.4. The van der Waals surface area contributed by atoms with E-state index < -0.39 is 5.41 Å². The molecule has 0 saturated heterocycles. The van der Waals surface area contributed by atoms with Gasteiger partial charge in [0, 0.05) is 5.69 Å². The molecular weight excluding hydrogens is 296 g/mol. The summed E-state index contributed by atoms with van der Waals surface area (Å²) in [6.07, 6.45) is 1.39. The molecule has 0 aromatic heterocycles. The number of hydrogen-bond donors (Lipinski definition) is 2. The van der Waals surface area contributed by atoms with Crippen molar-refractivity contribution in [3.63, 3.8) is 0 Å². The third-order valence-electron chi connectivity index (χ3n) is 3.71. The Kier molecular flexibility index (Phi) is 4.20. The zero-order chi connectivity index (χ0) is 14.9. The summed E-state index contributed by atoms with van der Waals surface area (Å²) in [6, 6.07) is 5.08. The van der Waals surface area contributed by atoms with Crippen molar-refractivity contribution in [2.75, 3.05) is 12.4 Å². The molecule has 4 nitrogen and oxygen atoms in total. The van der Waals surface area contributed by atoms with Crippen LogP contribution in [0.2, 0.25) is 5.02 Å². The molecule has 0 unspecified atom stereocenters. The van der Waals surface area contributed by atoms with E-state index in [2.05, 4.69) is 12.2 Å². The van der Waals surface area contributed by atoms with Crippen molar-refractivity contribution >= 4 is 40.4 Å². The van der Waals surface area contributed by atoms with Crippen molar-refractivity contribution < 1.29 is 9.53 Å². The number of halogens is 1. The molecule has 0 radical (unpaired) electrons. The average molecular weight is 313 g/mol. The molecule has 2 rings (SSSR count). The van der Waals surface area contributed by atoms with Gasteiger partial charge in [0.1, 0.15) is 5.75 Å². The Balaban J connectivity index is 2.15. The van der Waals surface area contributed by atoms with Crippen LogP contribution in [0.15, 0.2) is 18.2 Å². The van der Waals surface area contributed by atoms with E-state index in [9.17, 15) is 4.79 Å². The van der Waals surface area contributed by atoms with Gasteiger partial charge in [0.25, 0.3) is 0 Å². The van der Waals surface area contributed by atoms with E-state index in [0.717, 1.165) is 0 Å². The lowest BCUT2D eigenvalue weighted by Crippen LogP contribution is -2.53. The van der Waals surface area contributed by atoms with Crippen LogP contribution < -0.4 is 15.8 Å². The smallest absolute Gasteiger partial charge is 0.237 e. The van der Waals surface area contributed by atoms with Gasteiger partial charge in [0.15, 0.2) is 0 Å². The first-order valence-electron chi connectivity index (χ1n) is 6.34. The Hall–Kier alpha value is -1.33. The van der Waals surface area contributed by atoms with Gasteiger partial charge in [-0.05, 0) is 37.0 Å². The van der Waals surface area contributed by atoms with Gasteiger partial charge in [0.05, 0.1) is 22.5 Å². The molecule has 3 N–H and O–H groups in total. The van der Waals surface area contributed by atoms with Gasteiger partial charge >= 0.3 is 0 Å². The topological polar surface area (TPSA) is 64.3 Å². The molecule has 0 bridgehead atoms. The maximum Gasteiger partial charge on any atom is 0.237 e. The Morgan fingerprint density at radius 3 is 2.65 bits per heavy atom. The summed E-state index contributed by atoms with van der Waals surface area (Å²) < 4.78 is 5.07. The molecule has 0 heterocycles. The number of hydrogen-bond acceptors (Lipinski definition) is 3. The number of ether oxygens (including phenoxy) is 1. The van der Waals surface area contributed by atoms with Crippen LogP contribution in [0.25, 0.3) is 0 Å². The zero-order valence-corrected chi connectivity index (χ0v) is 13.0. The summed E-state index contributed by atoms with van der Waals surface area (Å²) in [7, 11) is 1.54. The highest BCUT2D eigenvalue weighted by Crippen LogP contribution is 2.46. The van der Waals surface area contributed by atoms with E-state index in [-0.39, 0.29) is 10.9 Å². The first-order chi connectivity index (χ1) is 9.39. The number of amides is 1. The predicted octanol–water partition coefficient (Wildman–Crippen LogP) is 2.99. The standard InChI is InChI=1S/C14H17ClN2O2S/c1-8-6-14(7-8,12(16)20)13(18)17-9-3-4-11(19-2)10(15)5-9/h3-5,8H,6-7H2,1-2H3,(H2,16,20)(H,17,18). The second kappa shape index (κ2) is 5.58. The molecule has 20 heavy (non-hydrogen) atoms. The van der Waals surface area contributed by atoms with E-state index in [1.807, 2.05) is 0 Å². The number of thiocarbonyl (C=S) groups is 1. The number of rotatable bonds is 4. The van der Waals surface area contributed by atoms with Gasteiger partial charge in [-0.3, -0.25) is 4.79 Å². The summed E-state index contributed by atoms with van der Waals surface area (Å²) in [6.45, 7) is 2.08. The third-order valence-corrected chi connectivity index (χ3v) is 4.40. The summed E-state index contributed by atoms with van der Waals surface area (Å²) in [5.41, 5.74) is 5.64. The fraction of sp³-hybridized carbons (Fsp3) is 0.429. The molecule has 1 aromatic carbocycles. The van der Waals surface area contributed by atoms with Gasteiger partial charge in [-0.1, -0.05) is 30.7 Å². The Labute approximate surface area is 128 Å². The molecule has 0 aliphatic heterocycles. The van der Waals surface area contributed by atoms with Gasteiger partial charge in [-0.25, -0.2) is 0 Å². The van der Waals surface area contributed by atoms with Crippen LogP contribution in [0, 0.1) is 11.3 Å². The molecule has 6 heteroatoms. The summed E-state index contributed by atoms with van der Waals surface area (Å²) in [5.74, 6) is 0.858. The highest BCUT2D eigenvalue weighted by molar-refractivity contribution is 7.80. The average Bonchev–Trinajstić information content (AvgIpc) is 2.34. The molecule has 1 fully saturated rings. The fourth-order valence-electron chi connectivity index (χ4n) is 2.62. The van der Waals surface area contributed by atoms with Crippen LogP contribution in [0.1, 0.15) is 19.8 Å². The third kappa shape index (κ3) is 2.60. The summed E-state index contributed by atoms with van der Waals surface area (Å²) >= 11 is 11.1. The molecular formula is C14H17ClN2O2S. The number of benzene rings is 1. The van der Waals surface area contributed by atoms with Crippen LogP contribution in [0.5, 0.6) is 5.75 Å². The van der Waals surface area contributed by atoms with E-state index in [0.29, 0.717) is 35.2 Å². The van der Waals surface area contributed by atoms with Crippen LogP contribution >= 0.6 is 23.8 Å². The van der Waals surface area contributed by atoms with Crippen molar-refractivity contribution in [1.82, 2.24) is 0 Å². The van der Waals surface area contributed by atoms with E-state index >= 15 is 0 Å². The summed E-state index contributed by atoms with van der Waals surface area (Å²) in [4.78, 5) is 12.7. The Morgan fingerprint density at radius 2 is 2.20 bits per heavy atom. The first-order valence-corrected chi connectivity index (χ1v) is 7.12. The van der Waals surface area contributed by atoms with Gasteiger partial charge < -0.3 is 15.8 Å². The normalized spacial score (nSPS) is 24.6. The maximum absolute atomic E-state index is 12.4. The van der Waals surface area contributed by atoms with Crippen molar-refractivity contribution in [3.8, 4) is 5.75 Å². The number of carbonyl (C=O) groups is 1. The number of methoxy groups -OCH3 is 1. The van der Waals surface area contributed by atoms with Crippen LogP contribution in [0.3, 0.4) is 0 Å². The monoisotopic (exact) mass is 312 g/mol. The van der Waals surface area contributed by atoms with Crippen LogP contribution in [0.4, 0.5) is 5.69 Å². The fourth-order valence-corrected chi connectivity index (χ4v) is 3.14. The molecule has 1 aliphatic carbocycles. The van der Waals surface area contributed by atoms with Gasteiger partial charge in [-0.15, -0.1) is 0 Å². The molecule has 0 atom stereocenters. The Morgan fingerprint density at radius 1 is 1.55 bits per heavy atom.